The van der Waals surface area contributed by atoms with Crippen molar-refractivity contribution < 1.29 is 14.3 Å². The van der Waals surface area contributed by atoms with E-state index in [-0.39, 0.29) is 12.7 Å². The summed E-state index contributed by atoms with van der Waals surface area (Å²) in [7, 11) is 0. The number of ether oxygens (including phenoxy) is 2. The lowest BCUT2D eigenvalue weighted by Crippen LogP contribution is -2.28. The van der Waals surface area contributed by atoms with Crippen molar-refractivity contribution in [3.05, 3.63) is 53.7 Å². The summed E-state index contributed by atoms with van der Waals surface area (Å²) in [6.07, 6.45) is 10.6. The van der Waals surface area contributed by atoms with Crippen LogP contribution < -0.4 is 14.8 Å². The number of carbonyl (C=O) groups is 1. The molecule has 2 aromatic rings. The molecule has 3 aliphatic rings. The zero-order valence-electron chi connectivity index (χ0n) is 15.2. The van der Waals surface area contributed by atoms with Crippen LogP contribution in [0, 0.1) is 0 Å². The number of hydrogen-bond donors (Lipinski definition) is 1. The predicted octanol–water partition coefficient (Wildman–Crippen LogP) is 4.44. The van der Waals surface area contributed by atoms with Crippen LogP contribution in [0.25, 0.3) is 5.57 Å². The molecule has 5 heteroatoms. The second-order valence-corrected chi connectivity index (χ2v) is 7.51. The van der Waals surface area contributed by atoms with Gasteiger partial charge in [0.15, 0.2) is 11.5 Å². The lowest BCUT2D eigenvalue weighted by Gasteiger charge is -2.16. The molecule has 138 valence electrons. The molecule has 0 atom stereocenters. The van der Waals surface area contributed by atoms with Gasteiger partial charge in [-0.1, -0.05) is 12.1 Å². The molecular weight excluding hydrogens is 340 g/mol. The summed E-state index contributed by atoms with van der Waals surface area (Å²) >= 11 is 0. The lowest BCUT2D eigenvalue weighted by atomic mass is 9.94. The van der Waals surface area contributed by atoms with E-state index in [0.29, 0.717) is 5.82 Å². The first-order valence-electron chi connectivity index (χ1n) is 9.62. The van der Waals surface area contributed by atoms with Crippen molar-refractivity contribution in [2.45, 2.75) is 43.9 Å². The first-order chi connectivity index (χ1) is 13.2. The molecule has 1 aromatic carbocycles. The van der Waals surface area contributed by atoms with E-state index in [4.69, 9.17) is 9.47 Å². The average Bonchev–Trinajstić information content (AvgIpc) is 3.40. The summed E-state index contributed by atoms with van der Waals surface area (Å²) < 4.78 is 10.8. The number of nitrogens with one attached hydrogen (secondary N) is 1. The molecule has 0 radical (unpaired) electrons. The Morgan fingerprint density at radius 2 is 1.96 bits per heavy atom. The summed E-state index contributed by atoms with van der Waals surface area (Å²) in [5.74, 6) is 2.06. The van der Waals surface area contributed by atoms with Gasteiger partial charge < -0.3 is 14.8 Å². The van der Waals surface area contributed by atoms with Gasteiger partial charge in [-0.2, -0.15) is 0 Å². The highest BCUT2D eigenvalue weighted by Crippen LogP contribution is 2.51. The Bertz CT molecular complexity index is 914. The number of benzene rings is 1. The van der Waals surface area contributed by atoms with Crippen LogP contribution in [0.15, 0.2) is 42.6 Å². The Balaban J connectivity index is 1.32. The van der Waals surface area contributed by atoms with E-state index >= 15 is 0 Å². The number of rotatable bonds is 4. The van der Waals surface area contributed by atoms with E-state index < -0.39 is 5.41 Å². The molecule has 27 heavy (non-hydrogen) atoms. The van der Waals surface area contributed by atoms with E-state index in [1.54, 1.807) is 0 Å². The highest BCUT2D eigenvalue weighted by molar-refractivity contribution is 6.01. The van der Waals surface area contributed by atoms with Crippen LogP contribution in [0.3, 0.4) is 0 Å². The number of fused-ring (bicyclic) bond motifs is 1. The number of anilines is 1. The minimum absolute atomic E-state index is 0.00139. The SMILES string of the molecule is O=C(Nc1ccc(C2=CCCCC2)cn1)C1(c2ccc3c(c2)OCO3)CC1. The maximum Gasteiger partial charge on any atom is 0.236 e. The third-order valence-corrected chi connectivity index (χ3v) is 5.78. The lowest BCUT2D eigenvalue weighted by molar-refractivity contribution is -0.118. The van der Waals surface area contributed by atoms with Gasteiger partial charge in [0, 0.05) is 6.20 Å². The molecule has 2 aliphatic carbocycles. The van der Waals surface area contributed by atoms with Crippen LogP contribution in [0.2, 0.25) is 0 Å². The van der Waals surface area contributed by atoms with Gasteiger partial charge in [0.1, 0.15) is 5.82 Å². The first-order valence-corrected chi connectivity index (χ1v) is 9.62. The van der Waals surface area contributed by atoms with Gasteiger partial charge in [-0.15, -0.1) is 0 Å². The van der Waals surface area contributed by atoms with Crippen LogP contribution >= 0.6 is 0 Å². The van der Waals surface area contributed by atoms with Crippen LogP contribution in [0.1, 0.15) is 49.7 Å². The monoisotopic (exact) mass is 362 g/mol. The van der Waals surface area contributed by atoms with E-state index in [1.165, 1.54) is 18.4 Å². The van der Waals surface area contributed by atoms with Crippen LogP contribution in [-0.4, -0.2) is 17.7 Å². The van der Waals surface area contributed by atoms with Crippen LogP contribution in [0.5, 0.6) is 11.5 Å². The average molecular weight is 362 g/mol. The molecular formula is C22H22N2O3. The van der Waals surface area contributed by atoms with E-state index in [0.717, 1.165) is 48.3 Å². The smallest absolute Gasteiger partial charge is 0.236 e. The molecule has 5 nitrogen and oxygen atoms in total. The van der Waals surface area contributed by atoms with Crippen molar-refractivity contribution in [1.82, 2.24) is 4.98 Å². The second kappa shape index (κ2) is 6.41. The number of amides is 1. The maximum absolute atomic E-state index is 12.9. The summed E-state index contributed by atoms with van der Waals surface area (Å²) in [5, 5.41) is 3.00. The number of carbonyl (C=O) groups excluding carboxylic acids is 1. The Morgan fingerprint density at radius 1 is 1.07 bits per heavy atom. The van der Waals surface area contributed by atoms with E-state index in [2.05, 4.69) is 22.4 Å². The molecule has 2 heterocycles. The zero-order valence-corrected chi connectivity index (χ0v) is 15.2. The number of nitrogens with zero attached hydrogens (tertiary/aromatic N) is 1. The van der Waals surface area contributed by atoms with Crippen molar-refractivity contribution in [3.8, 4) is 11.5 Å². The second-order valence-electron chi connectivity index (χ2n) is 7.51. The van der Waals surface area contributed by atoms with Gasteiger partial charge in [-0.3, -0.25) is 4.79 Å². The summed E-state index contributed by atoms with van der Waals surface area (Å²) in [6.45, 7) is 0.241. The van der Waals surface area contributed by atoms with Gasteiger partial charge in [-0.05, 0) is 79.5 Å². The Hall–Kier alpha value is -2.82. The third kappa shape index (κ3) is 2.97. The van der Waals surface area contributed by atoms with Gasteiger partial charge in [0.05, 0.1) is 5.41 Å². The predicted molar refractivity (Wildman–Crippen MR) is 103 cm³/mol. The fraction of sp³-hybridized carbons (Fsp3) is 0.364. The van der Waals surface area contributed by atoms with Crippen molar-refractivity contribution in [1.29, 1.82) is 0 Å². The quantitative estimate of drug-likeness (QED) is 0.874. The van der Waals surface area contributed by atoms with Crippen LogP contribution in [0.4, 0.5) is 5.82 Å². The minimum Gasteiger partial charge on any atom is -0.454 e. The molecule has 0 unspecified atom stereocenters. The molecule has 0 bridgehead atoms. The van der Waals surface area contributed by atoms with Crippen molar-refractivity contribution in [2.75, 3.05) is 12.1 Å². The molecule has 0 spiro atoms. The summed E-state index contributed by atoms with van der Waals surface area (Å²) in [4.78, 5) is 17.4. The standard InChI is InChI=1S/C22H22N2O3/c25-21(22(10-11-22)17-7-8-18-19(12-17)27-14-26-18)24-20-9-6-16(13-23-20)15-4-2-1-3-5-15/h4,6-9,12-13H,1-3,5,10-11,14H2,(H,23,24,25). The maximum atomic E-state index is 12.9. The summed E-state index contributed by atoms with van der Waals surface area (Å²) in [6, 6.07) is 9.74. The highest BCUT2D eigenvalue weighted by atomic mass is 16.7. The number of allylic oxidation sites excluding steroid dienone is 2. The Labute approximate surface area is 158 Å². The van der Waals surface area contributed by atoms with Crippen molar-refractivity contribution in [3.63, 3.8) is 0 Å². The van der Waals surface area contributed by atoms with E-state index in [1.807, 2.05) is 30.5 Å². The van der Waals surface area contributed by atoms with Gasteiger partial charge in [0.2, 0.25) is 12.7 Å². The molecule has 1 fully saturated rings. The van der Waals surface area contributed by atoms with E-state index in [9.17, 15) is 4.79 Å². The molecule has 1 saturated carbocycles. The minimum atomic E-state index is -0.479. The molecule has 1 aliphatic heterocycles. The largest absolute Gasteiger partial charge is 0.454 e. The van der Waals surface area contributed by atoms with Gasteiger partial charge in [0.25, 0.3) is 0 Å². The van der Waals surface area contributed by atoms with Crippen molar-refractivity contribution >= 4 is 17.3 Å². The molecule has 1 aromatic heterocycles. The topological polar surface area (TPSA) is 60.5 Å². The normalized spacial score (nSPS) is 19.3. The Morgan fingerprint density at radius 3 is 2.70 bits per heavy atom. The zero-order chi connectivity index (χ0) is 18.3. The van der Waals surface area contributed by atoms with Crippen LogP contribution in [-0.2, 0) is 10.2 Å². The molecule has 5 rings (SSSR count). The highest BCUT2D eigenvalue weighted by Gasteiger charge is 2.51. The summed E-state index contributed by atoms with van der Waals surface area (Å²) in [5.41, 5.74) is 3.02. The Kier molecular flexibility index (Phi) is 3.88. The van der Waals surface area contributed by atoms with Crippen molar-refractivity contribution in [2.24, 2.45) is 0 Å². The fourth-order valence-electron chi connectivity index (χ4n) is 3.96. The molecule has 0 saturated heterocycles. The molecule has 1 N–H and O–H groups in total. The number of hydrogen-bond acceptors (Lipinski definition) is 4. The first kappa shape index (κ1) is 16.4. The number of aromatic nitrogens is 1. The molecule has 1 amide bonds. The number of pyridine rings is 1. The third-order valence-electron chi connectivity index (χ3n) is 5.78. The van der Waals surface area contributed by atoms with Gasteiger partial charge in [-0.25, -0.2) is 4.98 Å². The fourth-order valence-corrected chi connectivity index (χ4v) is 3.96. The van der Waals surface area contributed by atoms with Gasteiger partial charge >= 0.3 is 0 Å².